The van der Waals surface area contributed by atoms with E-state index in [-0.39, 0.29) is 60.0 Å². The largest absolute Gasteiger partial charge is 0.464 e. The number of fused-ring (bicyclic) bond motifs is 3. The van der Waals surface area contributed by atoms with Crippen molar-refractivity contribution in [2.45, 2.75) is 249 Å². The lowest BCUT2D eigenvalue weighted by Crippen LogP contribution is -2.30. The van der Waals surface area contributed by atoms with Crippen molar-refractivity contribution in [3.8, 4) is 0 Å². The molecule has 1 saturated carbocycles. The fourth-order valence-corrected chi connectivity index (χ4v) is 12.3. The van der Waals surface area contributed by atoms with Crippen LogP contribution in [0.5, 0.6) is 0 Å². The molecule has 6 heterocycles. The molecule has 14 heteroatoms. The maximum Gasteiger partial charge on any atom is 0.255 e. The standard InChI is InChI=1S/C13H16O.C12H16BrNO.C12H13ClO.C12H14O.2C11H15Br.C10H14BrNO.C10H15NO/c1-9-8-14-12-6-5-10(7-11(9)12)13(2,3)4;1-12(2,3)9-6-7-10(13)14(11(9)15)8-4-5-8;1-12(2,3)8-4-5-11-9(6-8)10(13)7-14-11;1-12(2,3)10-4-5-11-9(8-10)6-7-13-11;2*1-8-7-9(11(2,3)4)5-6-10(8)12;1-10(2,3)7-5-6-8(11)12(4)9(7)13;1-10(2,3)8-5-6-9(12)11(4)7-8/h5-8H,1-4H3;6-8H,4-5H2,1-3H3;4-7H,1-3H3;4-8H,1-3H3;2*5-7H,1-4H3;5-6H,1-4H3;5-7H,1-4H3. The van der Waals surface area contributed by atoms with Gasteiger partial charge in [0, 0.05) is 68.6 Å². The number of nitrogens with zero attached hydrogens (tertiary/aromatic N) is 3. The maximum atomic E-state index is 12.3. The lowest BCUT2D eigenvalue weighted by Gasteiger charge is -2.20. The third-order valence-electron chi connectivity index (χ3n) is 18.2. The number of benzene rings is 5. The van der Waals surface area contributed by atoms with E-state index in [2.05, 4.69) is 309 Å². The van der Waals surface area contributed by atoms with Gasteiger partial charge in [-0.05, 0) is 226 Å². The Balaban J connectivity index is 0.000000216. The predicted octanol–water partition coefficient (Wildman–Crippen LogP) is 27.6. The average molecular weight is 1710 g/mol. The SMILES string of the molecule is CC(C)(C)c1ccc(Br)n(C2CC2)c1=O.CC(C)(C)c1ccc2occ(Cl)c2c1.CC(C)(C)c1ccc2occc2c1.Cc1cc(C(C)(C)C)ccc1Br.Cc1cc(C(C)(C)C)ccc1Br.Cc1coc2ccc(C(C)(C)C)cc12.Cn1c(Br)ccc(C(C)(C)C)c1=O.Cn1cc(C(C)(C)C)ccc1=O. The molecule has 0 radical (unpaired) electrons. The number of halogens is 5. The van der Waals surface area contributed by atoms with Gasteiger partial charge in [0.25, 0.3) is 11.1 Å². The summed E-state index contributed by atoms with van der Waals surface area (Å²) >= 11 is 19.8. The molecule has 0 bridgehead atoms. The topological polar surface area (TPSA) is 105 Å². The molecule has 6 aromatic heterocycles. The molecule has 12 rings (SSSR count). The second-order valence-corrected chi connectivity index (χ2v) is 39.5. The second-order valence-electron chi connectivity index (χ2n) is 35.8. The zero-order valence-electron chi connectivity index (χ0n) is 68.2. The summed E-state index contributed by atoms with van der Waals surface area (Å²) in [5.41, 5.74) is 17.6. The monoisotopic (exact) mass is 1700 g/mol. The number of aryl methyl sites for hydroxylation is 4. The van der Waals surface area contributed by atoms with Gasteiger partial charge in [-0.2, -0.15) is 0 Å². The Morgan fingerprint density at radius 2 is 0.762 bits per heavy atom. The number of hydrogen-bond acceptors (Lipinski definition) is 6. The summed E-state index contributed by atoms with van der Waals surface area (Å²) in [5, 5.41) is 4.11. The fourth-order valence-electron chi connectivity index (χ4n) is 10.7. The summed E-state index contributed by atoms with van der Waals surface area (Å²) in [7, 11) is 3.54. The van der Waals surface area contributed by atoms with Crippen LogP contribution in [0.1, 0.15) is 246 Å². The van der Waals surface area contributed by atoms with E-state index in [0.717, 1.165) is 55.3 Å². The van der Waals surface area contributed by atoms with Gasteiger partial charge >= 0.3 is 0 Å². The molecule has 105 heavy (non-hydrogen) atoms. The number of furan rings is 3. The summed E-state index contributed by atoms with van der Waals surface area (Å²) in [5.74, 6) is 0. The van der Waals surface area contributed by atoms with Crippen molar-refractivity contribution in [1.82, 2.24) is 13.7 Å². The summed E-state index contributed by atoms with van der Waals surface area (Å²) in [6.07, 6.45) is 9.29. The molecule has 0 saturated heterocycles. The van der Waals surface area contributed by atoms with E-state index in [1.807, 2.05) is 86.3 Å². The molecule has 0 atom stereocenters. The van der Waals surface area contributed by atoms with Gasteiger partial charge in [0.05, 0.1) is 26.8 Å². The van der Waals surface area contributed by atoms with Crippen molar-refractivity contribution >= 4 is 108 Å². The molecule has 568 valence electrons. The summed E-state index contributed by atoms with van der Waals surface area (Å²) in [6, 6.07) is 45.7. The Labute approximate surface area is 666 Å². The smallest absolute Gasteiger partial charge is 0.255 e. The van der Waals surface area contributed by atoms with Gasteiger partial charge in [0.1, 0.15) is 23.0 Å². The molecule has 11 aromatic rings. The molecule has 1 aliphatic rings. The second kappa shape index (κ2) is 35.9. The van der Waals surface area contributed by atoms with Crippen molar-refractivity contribution < 1.29 is 13.3 Å². The average Bonchev–Trinajstić information content (AvgIpc) is 1.68. The highest BCUT2D eigenvalue weighted by Gasteiger charge is 2.30. The third-order valence-corrected chi connectivity index (χ3v) is 21.7. The summed E-state index contributed by atoms with van der Waals surface area (Å²) < 4.78 is 25.2. The number of aromatic nitrogens is 3. The van der Waals surface area contributed by atoms with Crippen molar-refractivity contribution in [3.05, 3.63) is 274 Å². The van der Waals surface area contributed by atoms with Crippen LogP contribution in [0.25, 0.3) is 32.9 Å². The Morgan fingerprint density at radius 1 is 0.381 bits per heavy atom. The van der Waals surface area contributed by atoms with Crippen LogP contribution >= 0.6 is 75.3 Å². The van der Waals surface area contributed by atoms with E-state index in [1.54, 1.807) is 41.8 Å². The van der Waals surface area contributed by atoms with Gasteiger partial charge in [-0.25, -0.2) is 0 Å². The molecule has 9 nitrogen and oxygen atoms in total. The molecule has 0 unspecified atom stereocenters. The number of rotatable bonds is 1. The highest BCUT2D eigenvalue weighted by Crippen LogP contribution is 2.38. The molecule has 0 N–H and O–H groups in total. The molecule has 1 fully saturated rings. The van der Waals surface area contributed by atoms with Crippen LogP contribution in [0.4, 0.5) is 0 Å². The highest BCUT2D eigenvalue weighted by molar-refractivity contribution is 9.11. The lowest BCUT2D eigenvalue weighted by atomic mass is 9.86. The van der Waals surface area contributed by atoms with Crippen LogP contribution in [0.15, 0.2) is 204 Å². The van der Waals surface area contributed by atoms with Gasteiger partial charge in [-0.3, -0.25) is 19.0 Å². The molecule has 0 amide bonds. The maximum absolute atomic E-state index is 12.3. The fraction of sp³-hybridized carbons (Fsp3) is 0.440. The first kappa shape index (κ1) is 89.4. The van der Waals surface area contributed by atoms with Gasteiger partial charge in [-0.1, -0.05) is 270 Å². The predicted molar refractivity (Wildman–Crippen MR) is 463 cm³/mol. The first-order valence-corrected chi connectivity index (χ1v) is 39.7. The minimum absolute atomic E-state index is 0.0444. The molecule has 1 aliphatic carbocycles. The van der Waals surface area contributed by atoms with E-state index in [0.29, 0.717) is 11.1 Å². The van der Waals surface area contributed by atoms with Crippen molar-refractivity contribution in [3.63, 3.8) is 0 Å². The van der Waals surface area contributed by atoms with E-state index in [4.69, 9.17) is 24.9 Å². The van der Waals surface area contributed by atoms with E-state index in [1.165, 1.54) is 69.8 Å². The first-order valence-electron chi connectivity index (χ1n) is 36.1. The van der Waals surface area contributed by atoms with Crippen molar-refractivity contribution in [1.29, 1.82) is 0 Å². The van der Waals surface area contributed by atoms with Crippen molar-refractivity contribution in [2.24, 2.45) is 14.1 Å². The molecule has 5 aromatic carbocycles. The van der Waals surface area contributed by atoms with Crippen LogP contribution in [-0.4, -0.2) is 13.7 Å². The number of pyridine rings is 3. The molecular weight excluding hydrogens is 1590 g/mol. The minimum atomic E-state index is -0.0878. The first-order chi connectivity index (χ1) is 48.0. The lowest BCUT2D eigenvalue weighted by molar-refractivity contribution is 0.561. The van der Waals surface area contributed by atoms with E-state index in [9.17, 15) is 14.4 Å². The number of hydrogen-bond donors (Lipinski definition) is 0. The van der Waals surface area contributed by atoms with Gasteiger partial charge < -0.3 is 22.4 Å². The van der Waals surface area contributed by atoms with Crippen molar-refractivity contribution in [2.75, 3.05) is 0 Å². The van der Waals surface area contributed by atoms with E-state index < -0.39 is 0 Å². The molecule has 0 aliphatic heterocycles. The van der Waals surface area contributed by atoms with Crippen LogP contribution < -0.4 is 16.7 Å². The normalized spacial score (nSPS) is 12.7. The Kier molecular flexibility index (Phi) is 30.5. The van der Waals surface area contributed by atoms with Gasteiger partial charge in [0.15, 0.2) is 0 Å². The van der Waals surface area contributed by atoms with Crippen LogP contribution in [-0.2, 0) is 57.4 Å². The van der Waals surface area contributed by atoms with Gasteiger partial charge in [0.2, 0.25) is 5.56 Å². The van der Waals surface area contributed by atoms with Gasteiger partial charge in [-0.15, -0.1) is 0 Å². The Morgan fingerprint density at radius 3 is 1.19 bits per heavy atom. The minimum Gasteiger partial charge on any atom is -0.464 e. The summed E-state index contributed by atoms with van der Waals surface area (Å²) in [4.78, 5) is 35.1. The summed E-state index contributed by atoms with van der Waals surface area (Å²) in [6.45, 7) is 58.3. The van der Waals surface area contributed by atoms with Crippen LogP contribution in [0.3, 0.4) is 0 Å². The van der Waals surface area contributed by atoms with Crippen LogP contribution in [0, 0.1) is 20.8 Å². The molecule has 0 spiro atoms. The Bertz CT molecular complexity index is 4750. The zero-order valence-corrected chi connectivity index (χ0v) is 75.3. The molecular formula is C91H118Br4ClN3O6. The van der Waals surface area contributed by atoms with E-state index >= 15 is 0 Å². The quantitative estimate of drug-likeness (QED) is 0.152. The van der Waals surface area contributed by atoms with Crippen LogP contribution in [0.2, 0.25) is 5.02 Å². The Hall–Kier alpha value is -6.22. The third kappa shape index (κ3) is 26.3. The highest BCUT2D eigenvalue weighted by atomic mass is 79.9. The zero-order chi connectivity index (χ0) is 79.7.